The minimum atomic E-state index is -0.938. The number of aromatic nitrogens is 2. The van der Waals surface area contributed by atoms with Crippen LogP contribution in [0.1, 0.15) is 32.7 Å². The van der Waals surface area contributed by atoms with Gasteiger partial charge in [-0.2, -0.15) is 10.4 Å². The van der Waals surface area contributed by atoms with Crippen LogP contribution in [0, 0.1) is 16.7 Å². The largest absolute Gasteiger partial charge is 0.339 e. The van der Waals surface area contributed by atoms with E-state index in [1.165, 1.54) is 0 Å². The molecule has 1 aromatic rings. The van der Waals surface area contributed by atoms with Crippen LogP contribution in [0.25, 0.3) is 0 Å². The Morgan fingerprint density at radius 2 is 2.33 bits per heavy atom. The Morgan fingerprint density at radius 3 is 2.94 bits per heavy atom. The van der Waals surface area contributed by atoms with Crippen LogP contribution in [0.15, 0.2) is 18.5 Å². The Balaban J connectivity index is 2.08. The smallest absolute Gasteiger partial charge is 0.242 e. The summed E-state index contributed by atoms with van der Waals surface area (Å²) in [5.41, 5.74) is -0.938. The lowest BCUT2D eigenvalue weighted by molar-refractivity contribution is -0.139. The highest BCUT2D eigenvalue weighted by molar-refractivity contribution is 5.84. The summed E-state index contributed by atoms with van der Waals surface area (Å²) in [5.74, 6) is -0.0816. The number of hydrogen-bond acceptors (Lipinski definition) is 3. The molecule has 2 rings (SSSR count). The summed E-state index contributed by atoms with van der Waals surface area (Å²) >= 11 is 0. The maximum Gasteiger partial charge on any atom is 0.242 e. The van der Waals surface area contributed by atoms with Crippen molar-refractivity contribution in [2.24, 2.45) is 5.41 Å². The standard InChI is InChI=1S/C13H18N4O/c1-13(2,10-14)12(18)16-7-3-5-11(9-16)17-8-4-6-15-17/h4,6,8,11H,3,5,7,9H2,1-2H3/t11-/m1/s1. The van der Waals surface area contributed by atoms with Gasteiger partial charge in [0, 0.05) is 25.5 Å². The first-order valence-electron chi connectivity index (χ1n) is 6.24. The molecule has 1 aromatic heterocycles. The SMILES string of the molecule is CC(C)(C#N)C(=O)N1CCC[C@@H](n2cccn2)C1. The fraction of sp³-hybridized carbons (Fsp3) is 0.615. The van der Waals surface area contributed by atoms with E-state index in [-0.39, 0.29) is 11.9 Å². The van der Waals surface area contributed by atoms with Crippen LogP contribution in [0.2, 0.25) is 0 Å². The van der Waals surface area contributed by atoms with E-state index in [2.05, 4.69) is 11.2 Å². The summed E-state index contributed by atoms with van der Waals surface area (Å²) in [7, 11) is 0. The number of carbonyl (C=O) groups is 1. The summed E-state index contributed by atoms with van der Waals surface area (Å²) in [6, 6.07) is 4.19. The van der Waals surface area contributed by atoms with Gasteiger partial charge in [0.15, 0.2) is 0 Å². The Morgan fingerprint density at radius 1 is 1.56 bits per heavy atom. The second kappa shape index (κ2) is 4.81. The van der Waals surface area contributed by atoms with Crippen molar-refractivity contribution >= 4 is 5.91 Å². The van der Waals surface area contributed by atoms with Gasteiger partial charge in [-0.05, 0) is 32.8 Å². The molecule has 0 aliphatic carbocycles. The predicted octanol–water partition coefficient (Wildman–Crippen LogP) is 1.60. The summed E-state index contributed by atoms with van der Waals surface area (Å²) in [4.78, 5) is 14.0. The van der Waals surface area contributed by atoms with Crippen LogP contribution in [0.5, 0.6) is 0 Å². The molecule has 96 valence electrons. The average molecular weight is 246 g/mol. The highest BCUT2D eigenvalue weighted by Crippen LogP contribution is 2.25. The maximum absolute atomic E-state index is 12.2. The monoisotopic (exact) mass is 246 g/mol. The van der Waals surface area contributed by atoms with E-state index >= 15 is 0 Å². The molecule has 2 heterocycles. The van der Waals surface area contributed by atoms with Crippen LogP contribution in [0.4, 0.5) is 0 Å². The molecule has 1 amide bonds. The predicted molar refractivity (Wildman–Crippen MR) is 66.5 cm³/mol. The van der Waals surface area contributed by atoms with Crippen molar-refractivity contribution in [3.63, 3.8) is 0 Å². The molecule has 18 heavy (non-hydrogen) atoms. The molecule has 1 atom stereocenters. The quantitative estimate of drug-likeness (QED) is 0.796. The van der Waals surface area contributed by atoms with Gasteiger partial charge >= 0.3 is 0 Å². The maximum atomic E-state index is 12.2. The van der Waals surface area contributed by atoms with Crippen molar-refractivity contribution in [3.8, 4) is 6.07 Å². The van der Waals surface area contributed by atoms with Crippen LogP contribution in [0.3, 0.4) is 0 Å². The molecule has 0 N–H and O–H groups in total. The van der Waals surface area contributed by atoms with E-state index in [0.29, 0.717) is 6.54 Å². The van der Waals surface area contributed by atoms with Crippen molar-refractivity contribution in [1.82, 2.24) is 14.7 Å². The molecule has 5 heteroatoms. The van der Waals surface area contributed by atoms with Gasteiger partial charge in [0.1, 0.15) is 5.41 Å². The Bertz CT molecular complexity index is 458. The van der Waals surface area contributed by atoms with Gasteiger partial charge in [-0.15, -0.1) is 0 Å². The lowest BCUT2D eigenvalue weighted by Crippen LogP contribution is -2.46. The van der Waals surface area contributed by atoms with Crippen molar-refractivity contribution in [1.29, 1.82) is 5.26 Å². The van der Waals surface area contributed by atoms with Gasteiger partial charge in [0.2, 0.25) is 5.91 Å². The molecule has 0 unspecified atom stereocenters. The van der Waals surface area contributed by atoms with E-state index in [1.807, 2.05) is 16.9 Å². The number of amides is 1. The lowest BCUT2D eigenvalue weighted by Gasteiger charge is -2.35. The van der Waals surface area contributed by atoms with E-state index in [9.17, 15) is 4.79 Å². The minimum absolute atomic E-state index is 0.0816. The average Bonchev–Trinajstić information content (AvgIpc) is 2.92. The van der Waals surface area contributed by atoms with Gasteiger partial charge < -0.3 is 4.90 Å². The number of piperidine rings is 1. The van der Waals surface area contributed by atoms with Crippen molar-refractivity contribution in [2.75, 3.05) is 13.1 Å². The van der Waals surface area contributed by atoms with Gasteiger partial charge in [0.25, 0.3) is 0 Å². The highest BCUT2D eigenvalue weighted by atomic mass is 16.2. The van der Waals surface area contributed by atoms with Gasteiger partial charge in [-0.25, -0.2) is 0 Å². The summed E-state index contributed by atoms with van der Waals surface area (Å²) in [6.07, 6.45) is 5.66. The summed E-state index contributed by atoms with van der Waals surface area (Å²) < 4.78 is 1.90. The first-order chi connectivity index (χ1) is 8.54. The van der Waals surface area contributed by atoms with Crippen LogP contribution in [-0.4, -0.2) is 33.7 Å². The molecule has 0 saturated carbocycles. The molecule has 0 spiro atoms. The summed E-state index contributed by atoms with van der Waals surface area (Å²) in [5, 5.41) is 13.3. The van der Waals surface area contributed by atoms with E-state index in [4.69, 9.17) is 5.26 Å². The Kier molecular flexibility index (Phi) is 3.37. The first kappa shape index (κ1) is 12.6. The molecular weight excluding hydrogens is 228 g/mol. The Labute approximate surface area is 107 Å². The van der Waals surface area contributed by atoms with Crippen LogP contribution in [-0.2, 0) is 4.79 Å². The third-order valence-corrected chi connectivity index (χ3v) is 3.40. The number of likely N-dealkylation sites (tertiary alicyclic amines) is 1. The van der Waals surface area contributed by atoms with Gasteiger partial charge in [0.05, 0.1) is 12.1 Å². The molecule has 0 aromatic carbocycles. The topological polar surface area (TPSA) is 61.9 Å². The van der Waals surface area contributed by atoms with Crippen LogP contribution < -0.4 is 0 Å². The molecule has 0 bridgehead atoms. The first-order valence-corrected chi connectivity index (χ1v) is 6.24. The second-order valence-corrected chi connectivity index (χ2v) is 5.27. The molecule has 0 radical (unpaired) electrons. The highest BCUT2D eigenvalue weighted by Gasteiger charge is 2.34. The number of rotatable bonds is 2. The van der Waals surface area contributed by atoms with Gasteiger partial charge in [-0.3, -0.25) is 9.48 Å². The zero-order valence-electron chi connectivity index (χ0n) is 10.8. The summed E-state index contributed by atoms with van der Waals surface area (Å²) in [6.45, 7) is 4.73. The molecular formula is C13H18N4O. The second-order valence-electron chi connectivity index (χ2n) is 5.27. The van der Waals surface area contributed by atoms with Crippen molar-refractivity contribution in [3.05, 3.63) is 18.5 Å². The molecule has 1 aliphatic heterocycles. The zero-order valence-corrected chi connectivity index (χ0v) is 10.8. The lowest BCUT2D eigenvalue weighted by atomic mass is 9.92. The molecule has 1 saturated heterocycles. The minimum Gasteiger partial charge on any atom is -0.339 e. The van der Waals surface area contributed by atoms with Crippen molar-refractivity contribution in [2.45, 2.75) is 32.7 Å². The van der Waals surface area contributed by atoms with E-state index < -0.39 is 5.41 Å². The number of carbonyl (C=O) groups excluding carboxylic acids is 1. The Hall–Kier alpha value is -1.83. The molecule has 1 fully saturated rings. The number of hydrogen-bond donors (Lipinski definition) is 0. The van der Waals surface area contributed by atoms with Crippen molar-refractivity contribution < 1.29 is 4.79 Å². The zero-order chi connectivity index (χ0) is 13.2. The third kappa shape index (κ3) is 2.37. The number of nitriles is 1. The fourth-order valence-corrected chi connectivity index (χ4v) is 2.29. The fourth-order valence-electron chi connectivity index (χ4n) is 2.29. The van der Waals surface area contributed by atoms with E-state index in [1.54, 1.807) is 24.9 Å². The number of nitrogens with zero attached hydrogens (tertiary/aromatic N) is 4. The van der Waals surface area contributed by atoms with Gasteiger partial charge in [-0.1, -0.05) is 0 Å². The molecule has 1 aliphatic rings. The van der Waals surface area contributed by atoms with Crippen LogP contribution >= 0.6 is 0 Å². The molecule has 5 nitrogen and oxygen atoms in total. The van der Waals surface area contributed by atoms with E-state index in [0.717, 1.165) is 19.4 Å². The third-order valence-electron chi connectivity index (χ3n) is 3.40. The normalized spacial score (nSPS) is 20.5.